The number of hydrogen-bond donors (Lipinski definition) is 0. The second-order valence-corrected chi connectivity index (χ2v) is 8.25. The van der Waals surface area contributed by atoms with Gasteiger partial charge in [-0.25, -0.2) is 17.6 Å². The van der Waals surface area contributed by atoms with Crippen molar-refractivity contribution < 1.29 is 17.6 Å². The summed E-state index contributed by atoms with van der Waals surface area (Å²) in [6.45, 7) is 2.17. The Kier molecular flexibility index (Phi) is 7.22. The summed E-state index contributed by atoms with van der Waals surface area (Å²) in [4.78, 5) is 0. The minimum atomic E-state index is -2.14. The third kappa shape index (κ3) is 5.53. The number of fused-ring (bicyclic) bond motifs is 1. The van der Waals surface area contributed by atoms with Crippen molar-refractivity contribution in [1.82, 2.24) is 0 Å². The van der Waals surface area contributed by atoms with Crippen LogP contribution in [0.25, 0.3) is 10.8 Å². The lowest BCUT2D eigenvalue weighted by atomic mass is 9.77. The fourth-order valence-electron chi connectivity index (χ4n) is 4.10. The largest absolute Gasteiger partial charge is 0.243 e. The molecule has 3 unspecified atom stereocenters. The van der Waals surface area contributed by atoms with Gasteiger partial charge in [0.05, 0.1) is 0 Å². The van der Waals surface area contributed by atoms with Crippen molar-refractivity contribution in [2.75, 3.05) is 0 Å². The molecule has 0 spiro atoms. The van der Waals surface area contributed by atoms with Crippen LogP contribution in [0.15, 0.2) is 30.3 Å². The molecule has 0 saturated heterocycles. The van der Waals surface area contributed by atoms with E-state index >= 15 is 4.39 Å². The van der Waals surface area contributed by atoms with Crippen LogP contribution in [0.1, 0.15) is 70.3 Å². The van der Waals surface area contributed by atoms with E-state index in [9.17, 15) is 13.2 Å². The molecule has 1 aliphatic carbocycles. The summed E-state index contributed by atoms with van der Waals surface area (Å²) < 4.78 is 56.4. The summed E-state index contributed by atoms with van der Waals surface area (Å²) in [7, 11) is 0. The van der Waals surface area contributed by atoms with E-state index in [2.05, 4.69) is 18.8 Å². The SMILES string of the molecule is CCCCCCCC1CCC(F)(C#Cc2ccc3cc(F)c(F)cc3c2)C(F)C1. The first-order valence-corrected chi connectivity index (χ1v) is 10.7. The minimum Gasteiger partial charge on any atom is -0.243 e. The van der Waals surface area contributed by atoms with Crippen LogP contribution in [0.5, 0.6) is 0 Å². The zero-order chi connectivity index (χ0) is 20.9. The maximum atomic E-state index is 15.1. The Morgan fingerprint density at radius 3 is 2.45 bits per heavy atom. The summed E-state index contributed by atoms with van der Waals surface area (Å²) in [5, 5.41) is 1.01. The molecule has 0 aliphatic heterocycles. The van der Waals surface area contributed by atoms with E-state index in [1.807, 2.05) is 0 Å². The Labute approximate surface area is 170 Å². The molecule has 2 aromatic carbocycles. The van der Waals surface area contributed by atoms with Crippen LogP contribution in [0.3, 0.4) is 0 Å². The molecule has 1 saturated carbocycles. The Morgan fingerprint density at radius 2 is 1.72 bits per heavy atom. The van der Waals surface area contributed by atoms with Crippen molar-refractivity contribution >= 4 is 10.8 Å². The van der Waals surface area contributed by atoms with Crippen LogP contribution in [0.2, 0.25) is 0 Å². The highest BCUT2D eigenvalue weighted by Gasteiger charge is 2.43. The van der Waals surface area contributed by atoms with Gasteiger partial charge in [-0.1, -0.05) is 63.4 Å². The number of benzene rings is 2. The van der Waals surface area contributed by atoms with Gasteiger partial charge in [0.15, 0.2) is 11.6 Å². The average molecular weight is 404 g/mol. The zero-order valence-corrected chi connectivity index (χ0v) is 16.9. The van der Waals surface area contributed by atoms with Crippen LogP contribution < -0.4 is 0 Å². The monoisotopic (exact) mass is 404 g/mol. The van der Waals surface area contributed by atoms with Gasteiger partial charge in [-0.3, -0.25) is 0 Å². The molecule has 156 valence electrons. The molecule has 0 bridgehead atoms. The van der Waals surface area contributed by atoms with Crippen molar-refractivity contribution in [3.8, 4) is 11.8 Å². The molecule has 3 rings (SSSR count). The fourth-order valence-corrected chi connectivity index (χ4v) is 4.10. The summed E-state index contributed by atoms with van der Waals surface area (Å²) >= 11 is 0. The molecule has 1 fully saturated rings. The lowest BCUT2D eigenvalue weighted by Crippen LogP contribution is -2.39. The van der Waals surface area contributed by atoms with Crippen LogP contribution in [0, 0.1) is 29.4 Å². The Hall–Kier alpha value is -2.02. The van der Waals surface area contributed by atoms with E-state index in [-0.39, 0.29) is 18.8 Å². The minimum absolute atomic E-state index is 0.105. The lowest BCUT2D eigenvalue weighted by molar-refractivity contribution is 0.0357. The van der Waals surface area contributed by atoms with E-state index in [0.717, 1.165) is 31.4 Å². The van der Waals surface area contributed by atoms with Crippen molar-refractivity contribution in [3.63, 3.8) is 0 Å². The lowest BCUT2D eigenvalue weighted by Gasteiger charge is -2.33. The smallest absolute Gasteiger partial charge is 0.202 e. The summed E-state index contributed by atoms with van der Waals surface area (Å²) in [5.41, 5.74) is -1.67. The summed E-state index contributed by atoms with van der Waals surface area (Å²) in [6, 6.07) is 6.99. The summed E-state index contributed by atoms with van der Waals surface area (Å²) in [5.74, 6) is 3.59. The molecule has 4 heteroatoms. The van der Waals surface area contributed by atoms with Crippen LogP contribution in [0.4, 0.5) is 17.6 Å². The Bertz CT molecular complexity index is 895. The van der Waals surface area contributed by atoms with Crippen molar-refractivity contribution in [1.29, 1.82) is 0 Å². The predicted molar refractivity (Wildman–Crippen MR) is 110 cm³/mol. The van der Waals surface area contributed by atoms with Crippen molar-refractivity contribution in [2.45, 2.75) is 76.6 Å². The highest BCUT2D eigenvalue weighted by Crippen LogP contribution is 2.39. The normalized spacial score (nSPS) is 24.3. The number of hydrogen-bond acceptors (Lipinski definition) is 0. The molecule has 0 heterocycles. The molecular formula is C25H28F4. The molecule has 0 nitrogen and oxygen atoms in total. The van der Waals surface area contributed by atoms with E-state index < -0.39 is 23.5 Å². The molecule has 1 aliphatic rings. The molecule has 0 aromatic heterocycles. The van der Waals surface area contributed by atoms with Gasteiger partial charge in [0, 0.05) is 5.56 Å². The standard InChI is InChI=1S/C25H28F4/c1-2-3-4-5-6-7-18-10-12-25(29,24(28)15-18)13-11-19-8-9-20-16-22(26)23(27)17-21(20)14-19/h8-9,14,16-18,24H,2-7,10,12,15H2,1H3. The number of halogens is 4. The highest BCUT2D eigenvalue weighted by molar-refractivity contribution is 5.84. The van der Waals surface area contributed by atoms with E-state index in [1.54, 1.807) is 18.2 Å². The van der Waals surface area contributed by atoms with Gasteiger partial charge in [-0.05, 0) is 60.2 Å². The topological polar surface area (TPSA) is 0 Å². The molecule has 2 aromatic rings. The number of alkyl halides is 2. The quantitative estimate of drug-likeness (QED) is 0.263. The van der Waals surface area contributed by atoms with Crippen LogP contribution >= 0.6 is 0 Å². The van der Waals surface area contributed by atoms with Gasteiger partial charge in [0.1, 0.15) is 6.17 Å². The van der Waals surface area contributed by atoms with Gasteiger partial charge in [-0.2, -0.15) is 0 Å². The first kappa shape index (κ1) is 21.7. The molecule has 0 N–H and O–H groups in total. The second-order valence-electron chi connectivity index (χ2n) is 8.25. The van der Waals surface area contributed by atoms with Gasteiger partial charge in [0.2, 0.25) is 5.67 Å². The average Bonchev–Trinajstić information content (AvgIpc) is 2.70. The molecule has 29 heavy (non-hydrogen) atoms. The van der Waals surface area contributed by atoms with Gasteiger partial charge >= 0.3 is 0 Å². The van der Waals surface area contributed by atoms with Gasteiger partial charge < -0.3 is 0 Å². The highest BCUT2D eigenvalue weighted by atomic mass is 19.2. The summed E-state index contributed by atoms with van der Waals surface area (Å²) in [6.07, 6.45) is 6.24. The molecule has 3 atom stereocenters. The molecule has 0 radical (unpaired) electrons. The fraction of sp³-hybridized carbons (Fsp3) is 0.520. The first-order chi connectivity index (χ1) is 13.9. The third-order valence-corrected chi connectivity index (χ3v) is 5.96. The van der Waals surface area contributed by atoms with E-state index in [4.69, 9.17) is 0 Å². The van der Waals surface area contributed by atoms with Crippen molar-refractivity contribution in [3.05, 3.63) is 47.5 Å². The first-order valence-electron chi connectivity index (χ1n) is 10.7. The van der Waals surface area contributed by atoms with Gasteiger partial charge in [-0.15, -0.1) is 0 Å². The van der Waals surface area contributed by atoms with E-state index in [1.165, 1.54) is 19.3 Å². The maximum absolute atomic E-state index is 15.1. The molecular weight excluding hydrogens is 376 g/mol. The van der Waals surface area contributed by atoms with Crippen LogP contribution in [-0.2, 0) is 0 Å². The van der Waals surface area contributed by atoms with E-state index in [0.29, 0.717) is 22.8 Å². The maximum Gasteiger partial charge on any atom is 0.202 e. The molecule has 0 amide bonds. The number of rotatable bonds is 6. The van der Waals surface area contributed by atoms with Crippen molar-refractivity contribution in [2.24, 2.45) is 5.92 Å². The zero-order valence-electron chi connectivity index (χ0n) is 16.9. The Balaban J connectivity index is 1.63. The predicted octanol–water partition coefficient (Wildman–Crippen LogP) is 7.68. The second kappa shape index (κ2) is 9.65. The number of unbranched alkanes of at least 4 members (excludes halogenated alkanes) is 4. The Morgan fingerprint density at radius 1 is 1.00 bits per heavy atom. The van der Waals surface area contributed by atoms with Gasteiger partial charge in [0.25, 0.3) is 0 Å². The van der Waals surface area contributed by atoms with Crippen LogP contribution in [-0.4, -0.2) is 11.8 Å². The third-order valence-electron chi connectivity index (χ3n) is 5.96.